The summed E-state index contributed by atoms with van der Waals surface area (Å²) in [6.07, 6.45) is 0.818. The highest BCUT2D eigenvalue weighted by atomic mass is 127. The van der Waals surface area contributed by atoms with E-state index in [0.717, 1.165) is 15.6 Å². The minimum Gasteiger partial charge on any atom is -0.481 e. The number of nitrogens with two attached hydrogens (primary N) is 1. The molecule has 1 aromatic carbocycles. The molecule has 94 valence electrons. The van der Waals surface area contributed by atoms with Crippen LogP contribution >= 0.6 is 22.6 Å². The average Bonchev–Trinajstić information content (AvgIpc) is 2.27. The van der Waals surface area contributed by atoms with Crippen LogP contribution < -0.4 is 5.73 Å². The van der Waals surface area contributed by atoms with Gasteiger partial charge >= 0.3 is 5.97 Å². The maximum atomic E-state index is 11.0. The Kier molecular flexibility index (Phi) is 4.94. The normalized spacial score (nSPS) is 16.2. The van der Waals surface area contributed by atoms with Crippen molar-refractivity contribution in [2.24, 2.45) is 5.73 Å². The van der Waals surface area contributed by atoms with Gasteiger partial charge in [0.1, 0.15) is 0 Å². The highest BCUT2D eigenvalue weighted by Crippen LogP contribution is 2.32. The second-order valence-corrected chi connectivity index (χ2v) is 5.76. The van der Waals surface area contributed by atoms with E-state index in [1.54, 1.807) is 0 Å². The van der Waals surface area contributed by atoms with Gasteiger partial charge in [-0.25, -0.2) is 0 Å². The van der Waals surface area contributed by atoms with Crippen LogP contribution in [0.3, 0.4) is 0 Å². The maximum absolute atomic E-state index is 11.0. The van der Waals surface area contributed by atoms with Gasteiger partial charge in [-0.15, -0.1) is 0 Å². The Morgan fingerprint density at radius 3 is 2.41 bits per heavy atom. The number of halogens is 1. The summed E-state index contributed by atoms with van der Waals surface area (Å²) >= 11 is 2.23. The van der Waals surface area contributed by atoms with Gasteiger partial charge in [0.2, 0.25) is 0 Å². The van der Waals surface area contributed by atoms with Crippen LogP contribution in [0.4, 0.5) is 0 Å². The molecule has 3 nitrogen and oxygen atoms in total. The fraction of sp³-hybridized carbons (Fsp3) is 0.462. The van der Waals surface area contributed by atoms with Gasteiger partial charge in [0.15, 0.2) is 0 Å². The summed E-state index contributed by atoms with van der Waals surface area (Å²) in [5, 5.41) is 9.05. The van der Waals surface area contributed by atoms with Crippen LogP contribution in [0, 0.1) is 3.57 Å². The lowest BCUT2D eigenvalue weighted by Crippen LogP contribution is -2.44. The van der Waals surface area contributed by atoms with Crippen LogP contribution in [-0.4, -0.2) is 17.1 Å². The summed E-state index contributed by atoms with van der Waals surface area (Å²) in [4.78, 5) is 11.0. The van der Waals surface area contributed by atoms with Crippen molar-refractivity contribution >= 4 is 28.6 Å². The molecule has 0 spiro atoms. The number of hydrogen-bond acceptors (Lipinski definition) is 2. The molecular weight excluding hydrogens is 329 g/mol. The van der Waals surface area contributed by atoms with Crippen molar-refractivity contribution in [1.82, 2.24) is 0 Å². The zero-order valence-electron chi connectivity index (χ0n) is 10.1. The summed E-state index contributed by atoms with van der Waals surface area (Å²) < 4.78 is 1.13. The van der Waals surface area contributed by atoms with Crippen LogP contribution in [0.5, 0.6) is 0 Å². The molecule has 0 radical (unpaired) electrons. The van der Waals surface area contributed by atoms with Crippen LogP contribution in [-0.2, 0) is 10.2 Å². The lowest BCUT2D eigenvalue weighted by atomic mass is 9.73. The number of carboxylic acids is 1. The van der Waals surface area contributed by atoms with Gasteiger partial charge in [0.25, 0.3) is 0 Å². The molecule has 0 saturated carbocycles. The van der Waals surface area contributed by atoms with E-state index in [0.29, 0.717) is 0 Å². The Morgan fingerprint density at radius 1 is 1.47 bits per heavy atom. The fourth-order valence-electron chi connectivity index (χ4n) is 2.04. The molecule has 0 aliphatic heterocycles. The number of aliphatic carboxylic acids is 1. The lowest BCUT2D eigenvalue weighted by molar-refractivity contribution is -0.138. The summed E-state index contributed by atoms with van der Waals surface area (Å²) in [6, 6.07) is 7.76. The highest BCUT2D eigenvalue weighted by molar-refractivity contribution is 14.1. The first kappa shape index (κ1) is 14.4. The zero-order chi connectivity index (χ0) is 13.1. The second kappa shape index (κ2) is 5.82. The molecule has 17 heavy (non-hydrogen) atoms. The summed E-state index contributed by atoms with van der Waals surface area (Å²) in [5.74, 6) is -0.810. The monoisotopic (exact) mass is 347 g/mol. The molecule has 0 bridgehead atoms. The van der Waals surface area contributed by atoms with Gasteiger partial charge in [0.05, 0.1) is 6.42 Å². The predicted molar refractivity (Wildman–Crippen MR) is 77.0 cm³/mol. The lowest BCUT2D eigenvalue weighted by Gasteiger charge is -2.34. The van der Waals surface area contributed by atoms with Crippen molar-refractivity contribution in [1.29, 1.82) is 0 Å². The molecule has 0 aliphatic carbocycles. The van der Waals surface area contributed by atoms with Crippen molar-refractivity contribution < 1.29 is 9.90 Å². The van der Waals surface area contributed by atoms with Gasteiger partial charge < -0.3 is 10.8 Å². The van der Waals surface area contributed by atoms with E-state index in [4.69, 9.17) is 10.8 Å². The second-order valence-electron chi connectivity index (χ2n) is 4.51. The third kappa shape index (κ3) is 3.42. The number of benzene rings is 1. The minimum atomic E-state index is -0.810. The van der Waals surface area contributed by atoms with E-state index < -0.39 is 11.4 Å². The topological polar surface area (TPSA) is 63.3 Å². The quantitative estimate of drug-likeness (QED) is 0.805. The van der Waals surface area contributed by atoms with E-state index in [2.05, 4.69) is 22.6 Å². The Hall–Kier alpha value is -0.620. The minimum absolute atomic E-state index is 0.0581. The molecule has 0 fully saturated rings. The number of carbonyl (C=O) groups is 1. The summed E-state index contributed by atoms with van der Waals surface area (Å²) in [7, 11) is 0. The first-order valence-corrected chi connectivity index (χ1v) is 6.71. The van der Waals surface area contributed by atoms with Gasteiger partial charge in [-0.2, -0.15) is 0 Å². The number of rotatable bonds is 5. The van der Waals surface area contributed by atoms with Crippen molar-refractivity contribution in [3.05, 3.63) is 33.4 Å². The van der Waals surface area contributed by atoms with Gasteiger partial charge in [0, 0.05) is 15.0 Å². The van der Waals surface area contributed by atoms with Crippen molar-refractivity contribution in [3.8, 4) is 0 Å². The molecule has 3 N–H and O–H groups in total. The van der Waals surface area contributed by atoms with E-state index in [1.807, 2.05) is 38.1 Å². The zero-order valence-corrected chi connectivity index (χ0v) is 12.3. The molecule has 1 aromatic rings. The van der Waals surface area contributed by atoms with Crippen molar-refractivity contribution in [3.63, 3.8) is 0 Å². The fourth-order valence-corrected chi connectivity index (χ4v) is 2.40. The molecule has 0 aromatic heterocycles. The number of carboxylic acid groups (broad SMARTS) is 1. The molecule has 2 atom stereocenters. The summed E-state index contributed by atoms with van der Waals surface area (Å²) in [5.41, 5.74) is 6.59. The van der Waals surface area contributed by atoms with Gasteiger partial charge in [-0.1, -0.05) is 26.0 Å². The average molecular weight is 347 g/mol. The van der Waals surface area contributed by atoms with Crippen molar-refractivity contribution in [2.45, 2.75) is 38.1 Å². The molecule has 0 aliphatic rings. The molecule has 0 heterocycles. The molecular formula is C13H18INO2. The first-order chi connectivity index (χ1) is 7.90. The van der Waals surface area contributed by atoms with Crippen LogP contribution in [0.2, 0.25) is 0 Å². The molecule has 1 rings (SSSR count). The third-order valence-electron chi connectivity index (χ3n) is 3.28. The molecule has 0 saturated heterocycles. The van der Waals surface area contributed by atoms with Crippen LogP contribution in [0.25, 0.3) is 0 Å². The smallest absolute Gasteiger partial charge is 0.304 e. The van der Waals surface area contributed by atoms with E-state index >= 15 is 0 Å². The highest BCUT2D eigenvalue weighted by Gasteiger charge is 2.34. The third-order valence-corrected chi connectivity index (χ3v) is 4.00. The summed E-state index contributed by atoms with van der Waals surface area (Å²) in [6.45, 7) is 3.91. The van der Waals surface area contributed by atoms with Gasteiger partial charge in [-0.05, 0) is 46.7 Å². The van der Waals surface area contributed by atoms with Crippen LogP contribution in [0.15, 0.2) is 24.3 Å². The first-order valence-electron chi connectivity index (χ1n) is 5.63. The van der Waals surface area contributed by atoms with E-state index in [-0.39, 0.29) is 12.5 Å². The Balaban J connectivity index is 3.13. The van der Waals surface area contributed by atoms with Crippen molar-refractivity contribution in [2.75, 3.05) is 0 Å². The SMILES string of the molecule is CCC(N)C(C)(CC(=O)O)c1ccc(I)cc1. The predicted octanol–water partition coefficient (Wildman–Crippen LogP) is 2.76. The van der Waals surface area contributed by atoms with Crippen LogP contribution in [0.1, 0.15) is 32.3 Å². The Labute approximate surface area is 116 Å². The Morgan fingerprint density at radius 2 is 2.00 bits per heavy atom. The number of hydrogen-bond donors (Lipinski definition) is 2. The van der Waals surface area contributed by atoms with Gasteiger partial charge in [-0.3, -0.25) is 4.79 Å². The molecule has 2 unspecified atom stereocenters. The Bertz CT molecular complexity index is 391. The maximum Gasteiger partial charge on any atom is 0.304 e. The molecule has 4 heteroatoms. The van der Waals surface area contributed by atoms with E-state index in [9.17, 15) is 4.79 Å². The van der Waals surface area contributed by atoms with E-state index in [1.165, 1.54) is 0 Å². The largest absolute Gasteiger partial charge is 0.481 e. The molecule has 0 amide bonds. The standard InChI is InChI=1S/C13H18INO2/c1-3-11(15)13(2,8-12(16)17)9-4-6-10(14)7-5-9/h4-7,11H,3,8,15H2,1-2H3,(H,16,17).